The molecule has 0 bridgehead atoms. The van der Waals surface area contributed by atoms with E-state index in [4.69, 9.17) is 18.5 Å². The molecule has 0 aromatic carbocycles. The molecule has 0 heterocycles. The molecular formula is C42H77NO8P+. The summed E-state index contributed by atoms with van der Waals surface area (Å²) in [6.07, 6.45) is 38.7. The maximum absolute atomic E-state index is 12.6. The number of esters is 2. The van der Waals surface area contributed by atoms with Crippen molar-refractivity contribution in [3.8, 4) is 0 Å². The molecule has 302 valence electrons. The zero-order chi connectivity index (χ0) is 38.6. The second kappa shape index (κ2) is 34.7. The van der Waals surface area contributed by atoms with E-state index in [1.165, 1.54) is 51.4 Å². The van der Waals surface area contributed by atoms with Crippen molar-refractivity contribution in [2.75, 3.05) is 47.5 Å². The van der Waals surface area contributed by atoms with Crippen LogP contribution in [-0.4, -0.2) is 74.9 Å². The van der Waals surface area contributed by atoms with Crippen LogP contribution in [0.25, 0.3) is 0 Å². The number of ether oxygens (including phenoxy) is 2. The smallest absolute Gasteiger partial charge is 0.462 e. The lowest BCUT2D eigenvalue weighted by Crippen LogP contribution is -2.37. The van der Waals surface area contributed by atoms with Crippen LogP contribution in [0.5, 0.6) is 0 Å². The van der Waals surface area contributed by atoms with Gasteiger partial charge in [-0.1, -0.05) is 114 Å². The van der Waals surface area contributed by atoms with Crippen molar-refractivity contribution in [2.24, 2.45) is 0 Å². The molecule has 0 fully saturated rings. The lowest BCUT2D eigenvalue weighted by Gasteiger charge is -2.24. The molecule has 0 aliphatic carbocycles. The number of carbonyl (C=O) groups is 2. The van der Waals surface area contributed by atoms with Gasteiger partial charge in [-0.15, -0.1) is 0 Å². The topological polar surface area (TPSA) is 108 Å². The minimum atomic E-state index is -4.38. The van der Waals surface area contributed by atoms with Crippen LogP contribution in [0.2, 0.25) is 0 Å². The van der Waals surface area contributed by atoms with E-state index in [0.29, 0.717) is 23.9 Å². The van der Waals surface area contributed by atoms with Crippen molar-refractivity contribution < 1.29 is 42.1 Å². The zero-order valence-electron chi connectivity index (χ0n) is 33.8. The predicted molar refractivity (Wildman–Crippen MR) is 215 cm³/mol. The molecule has 52 heavy (non-hydrogen) atoms. The van der Waals surface area contributed by atoms with Crippen molar-refractivity contribution in [1.29, 1.82) is 0 Å². The summed E-state index contributed by atoms with van der Waals surface area (Å²) in [5, 5.41) is 0. The van der Waals surface area contributed by atoms with Gasteiger partial charge in [0, 0.05) is 12.8 Å². The minimum absolute atomic E-state index is 0.0226. The first-order valence-electron chi connectivity index (χ1n) is 20.4. The molecule has 2 atom stereocenters. The summed E-state index contributed by atoms with van der Waals surface area (Å²) < 4.78 is 34.2. The van der Waals surface area contributed by atoms with E-state index in [9.17, 15) is 19.0 Å². The highest BCUT2D eigenvalue weighted by Gasteiger charge is 2.27. The highest BCUT2D eigenvalue weighted by Crippen LogP contribution is 2.43. The van der Waals surface area contributed by atoms with Gasteiger partial charge >= 0.3 is 19.8 Å². The molecule has 0 saturated heterocycles. The van der Waals surface area contributed by atoms with Gasteiger partial charge in [-0.25, -0.2) is 4.57 Å². The number of hydrogen-bond acceptors (Lipinski definition) is 7. The SMILES string of the molecule is CCCCC/C=C\C/C=C\C/C=C\CCCCC(=O)OC[C@H](COP(=O)(O)OCC[N+](C)(C)C)OC(=O)CCCCCCC/C=C\CCCCCC. The fourth-order valence-corrected chi connectivity index (χ4v) is 5.81. The quantitative estimate of drug-likeness (QED) is 0.0221. The number of allylic oxidation sites excluding steroid dienone is 8. The minimum Gasteiger partial charge on any atom is -0.462 e. The van der Waals surface area contributed by atoms with E-state index in [2.05, 4.69) is 62.5 Å². The Balaban J connectivity index is 4.50. The molecule has 0 amide bonds. The van der Waals surface area contributed by atoms with Gasteiger partial charge in [-0.05, 0) is 77.0 Å². The number of carbonyl (C=O) groups excluding carboxylic acids is 2. The van der Waals surface area contributed by atoms with Crippen molar-refractivity contribution in [2.45, 2.75) is 161 Å². The van der Waals surface area contributed by atoms with Gasteiger partial charge in [0.15, 0.2) is 6.10 Å². The van der Waals surface area contributed by atoms with Gasteiger partial charge in [0.1, 0.15) is 19.8 Å². The molecular weight excluding hydrogens is 677 g/mol. The number of rotatable bonds is 36. The van der Waals surface area contributed by atoms with Gasteiger partial charge < -0.3 is 18.9 Å². The molecule has 10 heteroatoms. The molecule has 0 aromatic rings. The molecule has 0 aromatic heterocycles. The first kappa shape index (κ1) is 50.0. The Morgan fingerprint density at radius 1 is 0.596 bits per heavy atom. The Morgan fingerprint density at radius 3 is 1.63 bits per heavy atom. The largest absolute Gasteiger partial charge is 0.472 e. The molecule has 0 aliphatic heterocycles. The molecule has 0 aliphatic rings. The molecule has 0 radical (unpaired) electrons. The first-order valence-corrected chi connectivity index (χ1v) is 21.9. The van der Waals surface area contributed by atoms with Crippen LogP contribution in [0.4, 0.5) is 0 Å². The maximum Gasteiger partial charge on any atom is 0.472 e. The van der Waals surface area contributed by atoms with Crippen LogP contribution in [0.3, 0.4) is 0 Å². The van der Waals surface area contributed by atoms with Gasteiger partial charge in [0.05, 0.1) is 27.7 Å². The normalized spacial score (nSPS) is 14.2. The van der Waals surface area contributed by atoms with Gasteiger partial charge in [0.25, 0.3) is 0 Å². The molecule has 0 rings (SSSR count). The summed E-state index contributed by atoms with van der Waals surface area (Å²) in [7, 11) is 1.44. The number of nitrogens with zero attached hydrogens (tertiary/aromatic N) is 1. The monoisotopic (exact) mass is 755 g/mol. The molecule has 1 N–H and O–H groups in total. The predicted octanol–water partition coefficient (Wildman–Crippen LogP) is 11.1. The third kappa shape index (κ3) is 37.7. The Labute approximate surface area is 318 Å². The number of phosphoric acid groups is 1. The van der Waals surface area contributed by atoms with E-state index >= 15 is 0 Å². The van der Waals surface area contributed by atoms with E-state index in [-0.39, 0.29) is 26.1 Å². The fraction of sp³-hybridized carbons (Fsp3) is 0.762. The summed E-state index contributed by atoms with van der Waals surface area (Å²) in [4.78, 5) is 35.2. The number of likely N-dealkylation sites (N-methyl/N-ethyl adjacent to an activating group) is 1. The zero-order valence-corrected chi connectivity index (χ0v) is 34.7. The standard InChI is InChI=1S/C42H76NO8P/c1-6-8-10-12-14-16-18-20-21-23-24-26-28-30-32-34-41(44)48-38-40(39-50-52(46,47)49-37-36-43(3,4)5)51-42(45)35-33-31-29-27-25-22-19-17-15-13-11-9-7-2/h14,16-17,19-21,24,26,40H,6-13,15,18,22-23,25,27-39H2,1-5H3/p+1/b16-14-,19-17-,21-20-,26-24-/t40-/m1/s1. The Hall–Kier alpha value is -2.03. The van der Waals surface area contributed by atoms with Gasteiger partial charge in [-0.3, -0.25) is 18.6 Å². The molecule has 0 saturated carbocycles. The highest BCUT2D eigenvalue weighted by molar-refractivity contribution is 7.47. The van der Waals surface area contributed by atoms with E-state index in [1.54, 1.807) is 0 Å². The average Bonchev–Trinajstić information content (AvgIpc) is 3.09. The summed E-state index contributed by atoms with van der Waals surface area (Å²) in [6, 6.07) is 0. The Morgan fingerprint density at radius 2 is 1.04 bits per heavy atom. The third-order valence-corrected chi connectivity index (χ3v) is 9.32. The highest BCUT2D eigenvalue weighted by atomic mass is 31.2. The first-order chi connectivity index (χ1) is 25.0. The maximum atomic E-state index is 12.6. The summed E-state index contributed by atoms with van der Waals surface area (Å²) in [5.41, 5.74) is 0. The second-order valence-corrected chi connectivity index (χ2v) is 16.1. The van der Waals surface area contributed by atoms with Crippen LogP contribution in [-0.2, 0) is 32.7 Å². The Kier molecular flexibility index (Phi) is 33.4. The Bertz CT molecular complexity index is 1030. The number of quaternary nitrogens is 1. The third-order valence-electron chi connectivity index (χ3n) is 8.33. The number of phosphoric ester groups is 1. The summed E-state index contributed by atoms with van der Waals surface area (Å²) in [5.74, 6) is -0.858. The van der Waals surface area contributed by atoms with Crippen LogP contribution in [0, 0.1) is 0 Å². The van der Waals surface area contributed by atoms with Crippen molar-refractivity contribution in [3.63, 3.8) is 0 Å². The number of unbranched alkanes of at least 4 members (excludes halogenated alkanes) is 14. The molecule has 9 nitrogen and oxygen atoms in total. The summed E-state index contributed by atoms with van der Waals surface area (Å²) >= 11 is 0. The van der Waals surface area contributed by atoms with Crippen molar-refractivity contribution in [3.05, 3.63) is 48.6 Å². The van der Waals surface area contributed by atoms with Crippen molar-refractivity contribution in [1.82, 2.24) is 0 Å². The van der Waals surface area contributed by atoms with Crippen LogP contribution in [0.1, 0.15) is 155 Å². The van der Waals surface area contributed by atoms with E-state index < -0.39 is 32.5 Å². The van der Waals surface area contributed by atoms with Crippen LogP contribution in [0.15, 0.2) is 48.6 Å². The van der Waals surface area contributed by atoms with E-state index in [0.717, 1.165) is 64.2 Å². The summed E-state index contributed by atoms with van der Waals surface area (Å²) in [6.45, 7) is 4.30. The van der Waals surface area contributed by atoms with Crippen LogP contribution >= 0.6 is 7.82 Å². The van der Waals surface area contributed by atoms with Gasteiger partial charge in [0.2, 0.25) is 0 Å². The van der Waals surface area contributed by atoms with Gasteiger partial charge in [-0.2, -0.15) is 0 Å². The van der Waals surface area contributed by atoms with E-state index in [1.807, 2.05) is 21.1 Å². The second-order valence-electron chi connectivity index (χ2n) is 14.7. The lowest BCUT2D eigenvalue weighted by atomic mass is 10.1. The fourth-order valence-electron chi connectivity index (χ4n) is 5.07. The molecule has 0 spiro atoms. The average molecular weight is 755 g/mol. The molecule has 1 unspecified atom stereocenters. The van der Waals surface area contributed by atoms with Crippen LogP contribution < -0.4 is 0 Å². The number of hydrogen-bond donors (Lipinski definition) is 1. The lowest BCUT2D eigenvalue weighted by molar-refractivity contribution is -0.870. The van der Waals surface area contributed by atoms with Crippen molar-refractivity contribution >= 4 is 19.8 Å².